The third kappa shape index (κ3) is 4.82. The fourth-order valence-corrected chi connectivity index (χ4v) is 2.67. The van der Waals surface area contributed by atoms with Crippen molar-refractivity contribution in [2.24, 2.45) is 7.05 Å². The third-order valence-corrected chi connectivity index (χ3v) is 3.98. The number of carboxylic acids is 1. The molecule has 2 rings (SSSR count). The first-order chi connectivity index (χ1) is 10.1. The Hall–Kier alpha value is -1.40. The molecule has 0 unspecified atom stereocenters. The van der Waals surface area contributed by atoms with Crippen molar-refractivity contribution >= 4 is 5.97 Å². The number of carboxylic acid groups (broad SMARTS) is 1. The van der Waals surface area contributed by atoms with E-state index in [-0.39, 0.29) is 12.5 Å². The van der Waals surface area contributed by atoms with Gasteiger partial charge in [0, 0.05) is 26.7 Å². The average Bonchev–Trinajstić information content (AvgIpc) is 2.81. The predicted molar refractivity (Wildman–Crippen MR) is 79.1 cm³/mol. The van der Waals surface area contributed by atoms with Gasteiger partial charge in [-0.2, -0.15) is 5.10 Å². The van der Waals surface area contributed by atoms with Gasteiger partial charge in [0.1, 0.15) is 0 Å². The molecule has 6 heteroatoms. The number of nitrogens with zero attached hydrogens (tertiary/aromatic N) is 3. The zero-order valence-corrected chi connectivity index (χ0v) is 12.9. The topological polar surface area (TPSA) is 67.6 Å². The summed E-state index contributed by atoms with van der Waals surface area (Å²) in [6, 6.07) is 2.18. The van der Waals surface area contributed by atoms with Gasteiger partial charge in [0.2, 0.25) is 0 Å². The van der Waals surface area contributed by atoms with Crippen molar-refractivity contribution in [1.82, 2.24) is 14.7 Å². The number of carbonyl (C=O) groups is 1. The minimum Gasteiger partial charge on any atom is -0.481 e. The van der Waals surface area contributed by atoms with E-state index in [1.807, 2.05) is 11.7 Å². The van der Waals surface area contributed by atoms with Gasteiger partial charge in [0.15, 0.2) is 0 Å². The molecule has 1 aromatic heterocycles. The Morgan fingerprint density at radius 1 is 1.48 bits per heavy atom. The van der Waals surface area contributed by atoms with Gasteiger partial charge >= 0.3 is 5.97 Å². The first kappa shape index (κ1) is 16.0. The first-order valence-corrected chi connectivity index (χ1v) is 7.66. The summed E-state index contributed by atoms with van der Waals surface area (Å²) in [7, 11) is 2.00. The van der Waals surface area contributed by atoms with E-state index in [0.29, 0.717) is 6.61 Å². The van der Waals surface area contributed by atoms with Gasteiger partial charge in [0.25, 0.3) is 0 Å². The Morgan fingerprint density at radius 2 is 2.19 bits per heavy atom. The number of piperidine rings is 1. The number of hydrogen-bond donors (Lipinski definition) is 1. The van der Waals surface area contributed by atoms with Crippen molar-refractivity contribution in [3.63, 3.8) is 0 Å². The molecule has 6 nitrogen and oxygen atoms in total. The van der Waals surface area contributed by atoms with Crippen LogP contribution in [0.25, 0.3) is 0 Å². The minimum atomic E-state index is -0.796. The smallest absolute Gasteiger partial charge is 0.305 e. The Bertz CT molecular complexity index is 465. The standard InChI is InChI=1S/C15H25N3O3/c1-3-12-10-13(17(2)16-12)11-18-7-4-14(5-8-18)21-9-6-15(19)20/h10,14H,3-9,11H2,1-2H3,(H,19,20). The molecule has 0 spiro atoms. The van der Waals surface area contributed by atoms with Crippen LogP contribution < -0.4 is 0 Å². The summed E-state index contributed by atoms with van der Waals surface area (Å²) in [5.74, 6) is -0.796. The highest BCUT2D eigenvalue weighted by molar-refractivity contribution is 5.66. The molecule has 0 atom stereocenters. The number of aryl methyl sites for hydroxylation is 2. The zero-order chi connectivity index (χ0) is 15.2. The first-order valence-electron chi connectivity index (χ1n) is 7.66. The fraction of sp³-hybridized carbons (Fsp3) is 0.733. The van der Waals surface area contributed by atoms with Crippen LogP contribution in [0.15, 0.2) is 6.07 Å². The molecule has 0 bridgehead atoms. The Morgan fingerprint density at radius 3 is 2.76 bits per heavy atom. The summed E-state index contributed by atoms with van der Waals surface area (Å²) in [6.07, 6.45) is 3.21. The van der Waals surface area contributed by atoms with E-state index in [4.69, 9.17) is 9.84 Å². The van der Waals surface area contributed by atoms with E-state index in [2.05, 4.69) is 23.0 Å². The second-order valence-electron chi connectivity index (χ2n) is 5.59. The van der Waals surface area contributed by atoms with Gasteiger partial charge in [-0.05, 0) is 25.3 Å². The van der Waals surface area contributed by atoms with Crippen LogP contribution in [-0.4, -0.2) is 51.6 Å². The van der Waals surface area contributed by atoms with E-state index >= 15 is 0 Å². The normalized spacial score (nSPS) is 17.2. The molecule has 1 aromatic rings. The summed E-state index contributed by atoms with van der Waals surface area (Å²) in [4.78, 5) is 12.9. The largest absolute Gasteiger partial charge is 0.481 e. The average molecular weight is 295 g/mol. The van der Waals surface area contributed by atoms with Crippen LogP contribution in [0.1, 0.15) is 37.6 Å². The third-order valence-electron chi connectivity index (χ3n) is 3.98. The molecule has 0 aliphatic carbocycles. The van der Waals surface area contributed by atoms with Crippen LogP contribution in [-0.2, 0) is 29.5 Å². The van der Waals surface area contributed by atoms with Gasteiger partial charge in [-0.1, -0.05) is 6.92 Å². The van der Waals surface area contributed by atoms with E-state index in [1.54, 1.807) is 0 Å². The van der Waals surface area contributed by atoms with Crippen molar-refractivity contribution in [2.75, 3.05) is 19.7 Å². The van der Waals surface area contributed by atoms with Crippen molar-refractivity contribution in [3.05, 3.63) is 17.5 Å². The SMILES string of the molecule is CCc1cc(CN2CCC(OCCC(=O)O)CC2)n(C)n1. The molecule has 118 valence electrons. The van der Waals surface area contributed by atoms with Crippen LogP contribution in [0.3, 0.4) is 0 Å². The molecular formula is C15H25N3O3. The molecule has 1 saturated heterocycles. The van der Waals surface area contributed by atoms with E-state index in [0.717, 1.165) is 44.6 Å². The van der Waals surface area contributed by atoms with Gasteiger partial charge in [-0.15, -0.1) is 0 Å². The number of ether oxygens (including phenoxy) is 1. The van der Waals surface area contributed by atoms with Crippen molar-refractivity contribution in [1.29, 1.82) is 0 Å². The van der Waals surface area contributed by atoms with Crippen LogP contribution in [0.2, 0.25) is 0 Å². The van der Waals surface area contributed by atoms with Crippen molar-refractivity contribution in [2.45, 2.75) is 45.3 Å². The number of rotatable bonds is 7. The highest BCUT2D eigenvalue weighted by atomic mass is 16.5. The van der Waals surface area contributed by atoms with E-state index in [1.165, 1.54) is 5.69 Å². The van der Waals surface area contributed by atoms with Crippen molar-refractivity contribution < 1.29 is 14.6 Å². The van der Waals surface area contributed by atoms with Crippen molar-refractivity contribution in [3.8, 4) is 0 Å². The molecule has 0 radical (unpaired) electrons. The van der Waals surface area contributed by atoms with E-state index in [9.17, 15) is 4.79 Å². The summed E-state index contributed by atoms with van der Waals surface area (Å²) in [6.45, 7) is 5.34. The summed E-state index contributed by atoms with van der Waals surface area (Å²) in [5.41, 5.74) is 2.39. The quantitative estimate of drug-likeness (QED) is 0.824. The van der Waals surface area contributed by atoms with E-state index < -0.39 is 5.97 Å². The summed E-state index contributed by atoms with van der Waals surface area (Å²) >= 11 is 0. The Balaban J connectivity index is 1.73. The van der Waals surface area contributed by atoms with Gasteiger partial charge in [-0.3, -0.25) is 14.4 Å². The molecule has 21 heavy (non-hydrogen) atoms. The minimum absolute atomic E-state index is 0.0923. The lowest BCUT2D eigenvalue weighted by molar-refractivity contribution is -0.138. The lowest BCUT2D eigenvalue weighted by Gasteiger charge is -2.31. The van der Waals surface area contributed by atoms with Crippen LogP contribution in [0.5, 0.6) is 0 Å². The maximum Gasteiger partial charge on any atom is 0.305 e. The maximum atomic E-state index is 10.5. The fourth-order valence-electron chi connectivity index (χ4n) is 2.67. The molecular weight excluding hydrogens is 270 g/mol. The van der Waals surface area contributed by atoms with Gasteiger partial charge in [-0.25, -0.2) is 0 Å². The number of hydrogen-bond acceptors (Lipinski definition) is 4. The van der Waals surface area contributed by atoms with Gasteiger partial charge in [0.05, 0.1) is 30.5 Å². The molecule has 0 aromatic carbocycles. The highest BCUT2D eigenvalue weighted by Crippen LogP contribution is 2.17. The monoisotopic (exact) mass is 295 g/mol. The number of aliphatic carboxylic acids is 1. The summed E-state index contributed by atoms with van der Waals surface area (Å²) in [5, 5.41) is 13.1. The lowest BCUT2D eigenvalue weighted by atomic mass is 10.1. The molecule has 1 aliphatic rings. The highest BCUT2D eigenvalue weighted by Gasteiger charge is 2.20. The second kappa shape index (κ2) is 7.56. The Kier molecular flexibility index (Phi) is 5.76. The molecule has 0 amide bonds. The molecule has 2 heterocycles. The maximum absolute atomic E-state index is 10.5. The van der Waals surface area contributed by atoms with Crippen LogP contribution in [0.4, 0.5) is 0 Å². The Labute approximate surface area is 125 Å². The van der Waals surface area contributed by atoms with Gasteiger partial charge < -0.3 is 9.84 Å². The van der Waals surface area contributed by atoms with Crippen LogP contribution in [0, 0.1) is 0 Å². The summed E-state index contributed by atoms with van der Waals surface area (Å²) < 4.78 is 7.58. The van der Waals surface area contributed by atoms with Crippen LogP contribution >= 0.6 is 0 Å². The second-order valence-corrected chi connectivity index (χ2v) is 5.59. The molecule has 1 aliphatic heterocycles. The lowest BCUT2D eigenvalue weighted by Crippen LogP contribution is -2.37. The molecule has 1 fully saturated rings. The molecule has 0 saturated carbocycles. The number of aromatic nitrogens is 2. The number of likely N-dealkylation sites (tertiary alicyclic amines) is 1. The zero-order valence-electron chi connectivity index (χ0n) is 12.9. The molecule has 1 N–H and O–H groups in total. The predicted octanol–water partition coefficient (Wildman–Crippen LogP) is 1.44.